The van der Waals surface area contributed by atoms with E-state index in [0.717, 1.165) is 0 Å². The lowest BCUT2D eigenvalue weighted by molar-refractivity contribution is 0.443. The fourth-order valence-corrected chi connectivity index (χ4v) is 2.38. The Labute approximate surface area is 124 Å². The van der Waals surface area contributed by atoms with Crippen molar-refractivity contribution in [2.24, 2.45) is 0 Å². The maximum absolute atomic E-state index is 9.99. The zero-order valence-electron chi connectivity index (χ0n) is 11.9. The summed E-state index contributed by atoms with van der Waals surface area (Å²) in [5.41, 5.74) is 3.28. The molecule has 0 aromatic carbocycles. The third kappa shape index (κ3) is 1.63. The predicted octanol–water partition coefficient (Wildman–Crippen LogP) is 1.47. The molecule has 0 radical (unpaired) electrons. The van der Waals surface area contributed by atoms with E-state index in [0.29, 0.717) is 34.1 Å². The first-order chi connectivity index (χ1) is 10.5. The fraction of sp³-hybridized carbons (Fsp3) is 0.143. The summed E-state index contributed by atoms with van der Waals surface area (Å²) in [5.74, 6) is 0.141. The van der Waals surface area contributed by atoms with Crippen LogP contribution in [0.1, 0.15) is 11.4 Å². The van der Waals surface area contributed by atoms with E-state index < -0.39 is 0 Å². The van der Waals surface area contributed by atoms with Gasteiger partial charge in [-0.2, -0.15) is 0 Å². The first kappa shape index (κ1) is 12.6. The Hall–Kier alpha value is -3.16. The van der Waals surface area contributed by atoms with Crippen molar-refractivity contribution >= 4 is 11.3 Å². The number of rotatable bonds is 1. The van der Waals surface area contributed by atoms with E-state index in [1.165, 1.54) is 0 Å². The van der Waals surface area contributed by atoms with Crippen LogP contribution < -0.4 is 0 Å². The number of hydrogen-bond donors (Lipinski definition) is 2. The van der Waals surface area contributed by atoms with Crippen LogP contribution in [0.5, 0.6) is 11.8 Å². The van der Waals surface area contributed by atoms with Crippen molar-refractivity contribution in [2.75, 3.05) is 0 Å². The molecule has 2 N–H and O–H groups in total. The van der Waals surface area contributed by atoms with E-state index in [1.807, 2.05) is 0 Å². The topological polar surface area (TPSA) is 101 Å². The van der Waals surface area contributed by atoms with Crippen LogP contribution in [0.2, 0.25) is 0 Å². The van der Waals surface area contributed by atoms with Gasteiger partial charge < -0.3 is 10.2 Å². The van der Waals surface area contributed by atoms with E-state index in [1.54, 1.807) is 47.4 Å². The Morgan fingerprint density at radius 3 is 1.59 bits per heavy atom. The van der Waals surface area contributed by atoms with Crippen molar-refractivity contribution < 1.29 is 10.2 Å². The van der Waals surface area contributed by atoms with Gasteiger partial charge in [-0.05, 0) is 13.8 Å². The van der Waals surface area contributed by atoms with Gasteiger partial charge in [-0.25, -0.2) is 19.9 Å². The summed E-state index contributed by atoms with van der Waals surface area (Å²) in [6.45, 7) is 3.44. The molecule has 0 unspecified atom stereocenters. The molecule has 4 rings (SSSR count). The van der Waals surface area contributed by atoms with E-state index >= 15 is 0 Å². The molecule has 4 aromatic heterocycles. The molecule has 0 aliphatic rings. The summed E-state index contributed by atoms with van der Waals surface area (Å²) in [5, 5.41) is 20.0. The van der Waals surface area contributed by atoms with Crippen LogP contribution in [0.4, 0.5) is 0 Å². The first-order valence-electron chi connectivity index (χ1n) is 6.62. The molecule has 0 atom stereocenters. The predicted molar refractivity (Wildman–Crippen MR) is 77.8 cm³/mol. The Morgan fingerprint density at radius 2 is 1.18 bits per heavy atom. The largest absolute Gasteiger partial charge is 0.493 e. The van der Waals surface area contributed by atoms with Crippen LogP contribution in [0.25, 0.3) is 22.7 Å². The summed E-state index contributed by atoms with van der Waals surface area (Å²) in [6.07, 6.45) is 6.43. The summed E-state index contributed by atoms with van der Waals surface area (Å²) in [4.78, 5) is 17.0. The van der Waals surface area contributed by atoms with E-state index in [9.17, 15) is 10.2 Å². The average Bonchev–Trinajstić information content (AvgIpc) is 2.96. The lowest BCUT2D eigenvalue weighted by Crippen LogP contribution is -1.95. The summed E-state index contributed by atoms with van der Waals surface area (Å²) >= 11 is 0. The maximum atomic E-state index is 9.99. The average molecular weight is 296 g/mol. The van der Waals surface area contributed by atoms with Gasteiger partial charge in [0.2, 0.25) is 11.8 Å². The molecule has 4 heterocycles. The molecule has 0 fully saturated rings. The smallest absolute Gasteiger partial charge is 0.219 e. The summed E-state index contributed by atoms with van der Waals surface area (Å²) in [6, 6.07) is 0. The Kier molecular flexibility index (Phi) is 2.38. The molecule has 4 aromatic rings. The minimum atomic E-state index is 0.0704. The minimum absolute atomic E-state index is 0.0704. The summed E-state index contributed by atoms with van der Waals surface area (Å²) in [7, 11) is 0. The highest BCUT2D eigenvalue weighted by Gasteiger charge is 2.12. The lowest BCUT2D eigenvalue weighted by atomic mass is 10.3. The van der Waals surface area contributed by atoms with Crippen LogP contribution >= 0.6 is 0 Å². The number of imidazole rings is 2. The van der Waals surface area contributed by atoms with Crippen LogP contribution in [-0.4, -0.2) is 39.0 Å². The van der Waals surface area contributed by atoms with Crippen LogP contribution in [0.15, 0.2) is 24.8 Å². The van der Waals surface area contributed by atoms with E-state index in [2.05, 4.69) is 19.9 Å². The number of aromatic nitrogens is 6. The third-order valence-electron chi connectivity index (χ3n) is 3.57. The van der Waals surface area contributed by atoms with E-state index in [-0.39, 0.29) is 11.8 Å². The van der Waals surface area contributed by atoms with Gasteiger partial charge in [-0.3, -0.25) is 8.80 Å². The molecule has 0 amide bonds. The van der Waals surface area contributed by atoms with Gasteiger partial charge in [0, 0.05) is 12.4 Å². The Balaban J connectivity index is 1.94. The van der Waals surface area contributed by atoms with Crippen molar-refractivity contribution in [3.05, 3.63) is 36.2 Å². The highest BCUT2D eigenvalue weighted by atomic mass is 16.3. The van der Waals surface area contributed by atoms with Crippen molar-refractivity contribution in [2.45, 2.75) is 13.8 Å². The number of fused-ring (bicyclic) bond motifs is 2. The quantitative estimate of drug-likeness (QED) is 0.551. The van der Waals surface area contributed by atoms with Gasteiger partial charge >= 0.3 is 0 Å². The van der Waals surface area contributed by atoms with Crippen molar-refractivity contribution in [3.63, 3.8) is 0 Å². The molecule has 8 heteroatoms. The second-order valence-corrected chi connectivity index (χ2v) is 5.04. The van der Waals surface area contributed by atoms with Crippen LogP contribution in [0, 0.1) is 13.8 Å². The molecule has 0 saturated carbocycles. The Morgan fingerprint density at radius 1 is 0.773 bits per heavy atom. The molecule has 22 heavy (non-hydrogen) atoms. The second kappa shape index (κ2) is 4.17. The number of aromatic hydroxyl groups is 2. The highest BCUT2D eigenvalue weighted by Crippen LogP contribution is 2.23. The molecular weight excluding hydrogens is 284 g/mol. The summed E-state index contributed by atoms with van der Waals surface area (Å²) < 4.78 is 3.09. The molecule has 0 bridgehead atoms. The first-order valence-corrected chi connectivity index (χ1v) is 6.62. The monoisotopic (exact) mass is 296 g/mol. The number of nitrogens with zero attached hydrogens (tertiary/aromatic N) is 6. The highest BCUT2D eigenvalue weighted by molar-refractivity contribution is 5.58. The van der Waals surface area contributed by atoms with Crippen LogP contribution in [-0.2, 0) is 0 Å². The zero-order valence-corrected chi connectivity index (χ0v) is 11.9. The third-order valence-corrected chi connectivity index (χ3v) is 3.57. The zero-order chi connectivity index (χ0) is 15.4. The minimum Gasteiger partial charge on any atom is -0.493 e. The molecular formula is C14H12N6O2. The fourth-order valence-electron chi connectivity index (χ4n) is 2.38. The van der Waals surface area contributed by atoms with Crippen molar-refractivity contribution in [1.29, 1.82) is 0 Å². The Bertz CT molecular complexity index is 949. The van der Waals surface area contributed by atoms with Gasteiger partial charge in [0.25, 0.3) is 0 Å². The van der Waals surface area contributed by atoms with Gasteiger partial charge in [0.15, 0.2) is 11.3 Å². The van der Waals surface area contributed by atoms with Crippen molar-refractivity contribution in [1.82, 2.24) is 28.7 Å². The molecule has 0 spiro atoms. The van der Waals surface area contributed by atoms with Gasteiger partial charge in [0.1, 0.15) is 22.8 Å². The molecule has 0 aliphatic carbocycles. The molecule has 8 nitrogen and oxygen atoms in total. The van der Waals surface area contributed by atoms with Gasteiger partial charge in [-0.15, -0.1) is 0 Å². The standard InChI is InChI=1S/C14H12N6O2/c1-7-13(21)19-5-9(15-3-11(19)17-7)10-6-20-12(4-16-10)18-8(2)14(20)22/h3-6,21-22H,1-2H3. The molecule has 0 saturated heterocycles. The lowest BCUT2D eigenvalue weighted by Gasteiger charge is -2.03. The van der Waals surface area contributed by atoms with E-state index in [4.69, 9.17) is 0 Å². The maximum Gasteiger partial charge on any atom is 0.219 e. The number of aryl methyl sites for hydroxylation is 2. The number of hydrogen-bond acceptors (Lipinski definition) is 6. The second-order valence-electron chi connectivity index (χ2n) is 5.04. The normalized spacial score (nSPS) is 11.5. The SMILES string of the molecule is Cc1nc2cnc(-c3cn4c(O)c(C)nc4cn3)cn2c1O. The molecule has 110 valence electrons. The van der Waals surface area contributed by atoms with Crippen molar-refractivity contribution in [3.8, 4) is 23.1 Å². The van der Waals surface area contributed by atoms with Crippen LogP contribution in [0.3, 0.4) is 0 Å². The molecule has 0 aliphatic heterocycles. The van der Waals surface area contributed by atoms with Gasteiger partial charge in [-0.1, -0.05) is 0 Å². The van der Waals surface area contributed by atoms with Gasteiger partial charge in [0.05, 0.1) is 12.4 Å².